The van der Waals surface area contributed by atoms with Gasteiger partial charge in [-0.2, -0.15) is 0 Å². The Hall–Kier alpha value is -2.06. The Kier molecular flexibility index (Phi) is 3.70. The summed E-state index contributed by atoms with van der Waals surface area (Å²) in [5.41, 5.74) is 10.5. The van der Waals surface area contributed by atoms with Crippen molar-refractivity contribution in [2.45, 2.75) is 32.2 Å². The van der Waals surface area contributed by atoms with Crippen LogP contribution in [0.4, 0.5) is 5.82 Å². The van der Waals surface area contributed by atoms with Gasteiger partial charge in [-0.05, 0) is 32.9 Å². The van der Waals surface area contributed by atoms with Crippen molar-refractivity contribution in [3.63, 3.8) is 0 Å². The van der Waals surface area contributed by atoms with Crippen molar-refractivity contribution in [2.75, 3.05) is 18.8 Å². The second kappa shape index (κ2) is 5.86. The van der Waals surface area contributed by atoms with Crippen molar-refractivity contribution in [3.05, 3.63) is 28.2 Å². The van der Waals surface area contributed by atoms with Crippen molar-refractivity contribution >= 4 is 28.3 Å². The molecule has 3 aromatic rings. The largest absolute Gasteiger partial charge is 0.382 e. The summed E-state index contributed by atoms with van der Waals surface area (Å²) in [6.07, 6.45) is 3.71. The molecule has 0 amide bonds. The first-order valence-corrected chi connectivity index (χ1v) is 8.66. The summed E-state index contributed by atoms with van der Waals surface area (Å²) < 4.78 is 0. The van der Waals surface area contributed by atoms with Gasteiger partial charge in [-0.15, -0.1) is 11.3 Å². The highest BCUT2D eigenvalue weighted by molar-refractivity contribution is 7.09. The van der Waals surface area contributed by atoms with Crippen LogP contribution < -0.4 is 5.73 Å². The summed E-state index contributed by atoms with van der Waals surface area (Å²) in [4.78, 5) is 24.4. The van der Waals surface area contributed by atoms with E-state index in [1.807, 2.05) is 5.51 Å². The lowest BCUT2D eigenvalue weighted by atomic mass is 9.96. The Bertz CT molecular complexity index is 816. The van der Waals surface area contributed by atoms with E-state index in [0.29, 0.717) is 17.4 Å². The molecule has 1 saturated heterocycles. The molecule has 0 aromatic carbocycles. The summed E-state index contributed by atoms with van der Waals surface area (Å²) >= 11 is 1.74. The molecule has 3 N–H and O–H groups in total. The van der Waals surface area contributed by atoms with Gasteiger partial charge in [-0.3, -0.25) is 4.90 Å². The van der Waals surface area contributed by atoms with E-state index >= 15 is 0 Å². The number of thiazole rings is 1. The van der Waals surface area contributed by atoms with Crippen LogP contribution in [-0.2, 0) is 6.54 Å². The highest BCUT2D eigenvalue weighted by Gasteiger charge is 2.24. The van der Waals surface area contributed by atoms with Crippen molar-refractivity contribution < 1.29 is 0 Å². The van der Waals surface area contributed by atoms with E-state index in [9.17, 15) is 0 Å². The van der Waals surface area contributed by atoms with Gasteiger partial charge in [0, 0.05) is 17.3 Å². The number of likely N-dealkylation sites (tertiary alicyclic amines) is 1. The lowest BCUT2D eigenvalue weighted by Gasteiger charge is -2.30. The number of aromatic nitrogens is 5. The number of nitrogens with zero attached hydrogens (tertiary/aromatic N) is 5. The number of piperidine rings is 1. The molecule has 3 aromatic heterocycles. The molecular weight excluding hydrogens is 310 g/mol. The van der Waals surface area contributed by atoms with Crippen LogP contribution in [-0.4, -0.2) is 42.9 Å². The molecule has 1 aliphatic heterocycles. The molecular formula is C15H19N7S. The topological polar surface area (TPSA) is 96.6 Å². The fraction of sp³-hybridized carbons (Fsp3) is 0.467. The third-order valence-electron chi connectivity index (χ3n) is 4.50. The van der Waals surface area contributed by atoms with Crippen LogP contribution in [0.15, 0.2) is 11.8 Å². The fourth-order valence-electron chi connectivity index (χ4n) is 3.09. The number of hydrogen-bond donors (Lipinski definition) is 2. The van der Waals surface area contributed by atoms with Gasteiger partial charge in [0.15, 0.2) is 11.5 Å². The van der Waals surface area contributed by atoms with Gasteiger partial charge in [-0.25, -0.2) is 19.9 Å². The number of anilines is 1. The van der Waals surface area contributed by atoms with Crippen LogP contribution in [0.1, 0.15) is 35.2 Å². The summed E-state index contributed by atoms with van der Waals surface area (Å²) in [5, 5.41) is 0. The molecule has 0 spiro atoms. The monoisotopic (exact) mass is 329 g/mol. The van der Waals surface area contributed by atoms with Gasteiger partial charge >= 0.3 is 0 Å². The predicted octanol–water partition coefficient (Wildman–Crippen LogP) is 2.08. The van der Waals surface area contributed by atoms with E-state index in [1.54, 1.807) is 17.7 Å². The first kappa shape index (κ1) is 14.5. The quantitative estimate of drug-likeness (QED) is 0.763. The van der Waals surface area contributed by atoms with E-state index in [4.69, 9.17) is 5.73 Å². The van der Waals surface area contributed by atoms with E-state index in [0.717, 1.165) is 49.5 Å². The number of aromatic amines is 1. The molecule has 0 atom stereocenters. The second-order valence-corrected chi connectivity index (χ2v) is 6.92. The Morgan fingerprint density at radius 3 is 2.87 bits per heavy atom. The molecule has 0 bridgehead atoms. The number of fused-ring (bicyclic) bond motifs is 1. The molecule has 0 unspecified atom stereocenters. The molecule has 23 heavy (non-hydrogen) atoms. The smallest absolute Gasteiger partial charge is 0.183 e. The summed E-state index contributed by atoms with van der Waals surface area (Å²) in [7, 11) is 0. The maximum Gasteiger partial charge on any atom is 0.183 e. The highest BCUT2D eigenvalue weighted by Crippen LogP contribution is 2.29. The van der Waals surface area contributed by atoms with Gasteiger partial charge in [-0.1, -0.05) is 0 Å². The number of nitrogens with one attached hydrogen (secondary N) is 1. The molecule has 0 radical (unpaired) electrons. The molecule has 1 aliphatic rings. The van der Waals surface area contributed by atoms with E-state index in [2.05, 4.69) is 36.7 Å². The van der Waals surface area contributed by atoms with Gasteiger partial charge in [0.25, 0.3) is 0 Å². The van der Waals surface area contributed by atoms with E-state index in [1.165, 1.54) is 4.88 Å². The maximum absolute atomic E-state index is 6.00. The third-order valence-corrected chi connectivity index (χ3v) is 5.42. The summed E-state index contributed by atoms with van der Waals surface area (Å²) in [5.74, 6) is 1.68. The summed E-state index contributed by atoms with van der Waals surface area (Å²) in [6.45, 7) is 5.16. The molecule has 4 heterocycles. The maximum atomic E-state index is 6.00. The third kappa shape index (κ3) is 2.79. The van der Waals surface area contributed by atoms with Crippen LogP contribution in [0.2, 0.25) is 0 Å². The Balaban J connectivity index is 1.45. The number of imidazole rings is 1. The number of rotatable bonds is 3. The second-order valence-electron chi connectivity index (χ2n) is 5.98. The number of aryl methyl sites for hydroxylation is 1. The minimum absolute atomic E-state index is 0.359. The highest BCUT2D eigenvalue weighted by atomic mass is 32.1. The zero-order valence-corrected chi connectivity index (χ0v) is 13.8. The minimum atomic E-state index is 0.359. The molecule has 0 aliphatic carbocycles. The molecule has 0 saturated carbocycles. The van der Waals surface area contributed by atoms with Crippen LogP contribution in [0, 0.1) is 6.92 Å². The first-order valence-electron chi connectivity index (χ1n) is 7.78. The van der Waals surface area contributed by atoms with Gasteiger partial charge in [0.2, 0.25) is 0 Å². The fourth-order valence-corrected chi connectivity index (χ4v) is 3.90. The van der Waals surface area contributed by atoms with Crippen molar-refractivity contribution in [3.8, 4) is 0 Å². The van der Waals surface area contributed by atoms with Crippen LogP contribution in [0.5, 0.6) is 0 Å². The zero-order valence-electron chi connectivity index (χ0n) is 13.0. The van der Waals surface area contributed by atoms with Gasteiger partial charge in [0.05, 0.1) is 17.5 Å². The normalized spacial score (nSPS) is 17.1. The standard InChI is InChI=1S/C15H19N7S/c1-9-11(23-8-19-9)6-22-4-2-10(3-5-22)14-20-13(16)12-15(21-14)18-7-17-12/h7-8,10H,2-6H2,1H3,(H3,16,17,18,20,21). The molecule has 7 nitrogen and oxygen atoms in total. The lowest BCUT2D eigenvalue weighted by molar-refractivity contribution is 0.203. The van der Waals surface area contributed by atoms with Crippen LogP contribution >= 0.6 is 11.3 Å². The Labute approximate surface area is 138 Å². The minimum Gasteiger partial charge on any atom is -0.382 e. The average Bonchev–Trinajstić information content (AvgIpc) is 3.18. The number of hydrogen-bond acceptors (Lipinski definition) is 7. The van der Waals surface area contributed by atoms with Crippen LogP contribution in [0.3, 0.4) is 0 Å². The average molecular weight is 329 g/mol. The number of nitrogens with two attached hydrogens (primary N) is 1. The Morgan fingerprint density at radius 2 is 2.13 bits per heavy atom. The SMILES string of the molecule is Cc1ncsc1CN1CCC(c2nc(N)c3[nH]cnc3n2)CC1. The number of H-pyrrole nitrogens is 1. The number of nitrogen functional groups attached to an aromatic ring is 1. The van der Waals surface area contributed by atoms with Crippen molar-refractivity contribution in [2.24, 2.45) is 0 Å². The molecule has 1 fully saturated rings. The van der Waals surface area contributed by atoms with E-state index < -0.39 is 0 Å². The molecule has 8 heteroatoms. The predicted molar refractivity (Wildman–Crippen MR) is 90.2 cm³/mol. The van der Waals surface area contributed by atoms with E-state index in [-0.39, 0.29) is 0 Å². The lowest BCUT2D eigenvalue weighted by Crippen LogP contribution is -2.33. The Morgan fingerprint density at radius 1 is 1.30 bits per heavy atom. The van der Waals surface area contributed by atoms with Gasteiger partial charge < -0.3 is 10.7 Å². The van der Waals surface area contributed by atoms with Crippen LogP contribution in [0.25, 0.3) is 11.2 Å². The first-order chi connectivity index (χ1) is 11.2. The zero-order chi connectivity index (χ0) is 15.8. The summed E-state index contributed by atoms with van der Waals surface area (Å²) in [6, 6.07) is 0. The van der Waals surface area contributed by atoms with Gasteiger partial charge in [0.1, 0.15) is 11.3 Å². The van der Waals surface area contributed by atoms with Crippen molar-refractivity contribution in [1.29, 1.82) is 0 Å². The molecule has 120 valence electrons. The van der Waals surface area contributed by atoms with Crippen molar-refractivity contribution in [1.82, 2.24) is 29.8 Å². The molecule has 4 rings (SSSR count).